The first kappa shape index (κ1) is 17.0. The molecular weight excluding hydrogens is 329 g/mol. The normalized spacial score (nSPS) is 19.4. The van der Waals surface area contributed by atoms with E-state index in [9.17, 15) is 9.18 Å². The summed E-state index contributed by atoms with van der Waals surface area (Å²) in [6.45, 7) is 2.77. The van der Waals surface area contributed by atoms with Crippen LogP contribution < -0.4 is 5.32 Å². The Morgan fingerprint density at radius 3 is 2.88 bits per heavy atom. The average molecular weight is 350 g/mol. The minimum atomic E-state index is -0.422. The lowest BCUT2D eigenvalue weighted by molar-refractivity contribution is -0.121. The number of amides is 1. The molecule has 2 heterocycles. The molecular formula is C18H21ClFN3O. The third-order valence-electron chi connectivity index (χ3n) is 4.69. The first-order chi connectivity index (χ1) is 11.5. The summed E-state index contributed by atoms with van der Waals surface area (Å²) in [5.41, 5.74) is 1.65. The lowest BCUT2D eigenvalue weighted by Crippen LogP contribution is -2.42. The third-order valence-corrected chi connectivity index (χ3v) is 5.00. The minimum absolute atomic E-state index is 0.135. The minimum Gasteiger partial charge on any atom is -0.353 e. The molecule has 24 heavy (non-hydrogen) atoms. The van der Waals surface area contributed by atoms with Gasteiger partial charge in [0.25, 0.3) is 0 Å². The molecule has 1 saturated heterocycles. The second-order valence-electron chi connectivity index (χ2n) is 6.23. The van der Waals surface area contributed by atoms with Crippen molar-refractivity contribution < 1.29 is 9.18 Å². The maximum atomic E-state index is 13.1. The molecule has 1 fully saturated rings. The topological polar surface area (TPSA) is 37.3 Å². The lowest BCUT2D eigenvalue weighted by atomic mass is 10.1. The predicted octanol–water partition coefficient (Wildman–Crippen LogP) is 3.98. The van der Waals surface area contributed by atoms with Gasteiger partial charge < -0.3 is 9.88 Å². The molecule has 1 aromatic carbocycles. The van der Waals surface area contributed by atoms with Crippen molar-refractivity contribution in [2.45, 2.75) is 31.8 Å². The van der Waals surface area contributed by atoms with Crippen molar-refractivity contribution in [1.29, 1.82) is 0 Å². The highest BCUT2D eigenvalue weighted by molar-refractivity contribution is 6.33. The molecule has 3 rings (SSSR count). The van der Waals surface area contributed by atoms with Crippen LogP contribution in [0.2, 0.25) is 5.02 Å². The van der Waals surface area contributed by atoms with Crippen LogP contribution in [0.25, 0.3) is 0 Å². The van der Waals surface area contributed by atoms with Gasteiger partial charge in [0, 0.05) is 18.9 Å². The summed E-state index contributed by atoms with van der Waals surface area (Å²) < 4.78 is 15.2. The van der Waals surface area contributed by atoms with Gasteiger partial charge in [-0.25, -0.2) is 4.39 Å². The number of rotatable bonds is 4. The molecule has 2 aromatic rings. The number of nitrogens with zero attached hydrogens (tertiary/aromatic N) is 2. The molecule has 128 valence electrons. The summed E-state index contributed by atoms with van der Waals surface area (Å²) in [6.07, 6.45) is 4.12. The van der Waals surface area contributed by atoms with Crippen LogP contribution in [0.15, 0.2) is 36.5 Å². The molecule has 4 nitrogen and oxygen atoms in total. The van der Waals surface area contributed by atoms with Crippen molar-refractivity contribution in [1.82, 2.24) is 9.47 Å². The SMILES string of the molecule is C[C@@H](C(=O)Nc1ccc(F)cc1Cl)N1CCC[C@@H]1c1cccn1C. The van der Waals surface area contributed by atoms with Gasteiger partial charge in [-0.05, 0) is 56.6 Å². The Hall–Kier alpha value is -1.85. The number of carbonyl (C=O) groups is 1. The summed E-state index contributed by atoms with van der Waals surface area (Å²) in [4.78, 5) is 14.8. The van der Waals surface area contributed by atoms with Gasteiger partial charge >= 0.3 is 0 Å². The maximum Gasteiger partial charge on any atom is 0.241 e. The monoisotopic (exact) mass is 349 g/mol. The van der Waals surface area contributed by atoms with Crippen LogP contribution in [0.3, 0.4) is 0 Å². The Labute approximate surface area is 146 Å². The van der Waals surface area contributed by atoms with E-state index in [1.54, 1.807) is 0 Å². The summed E-state index contributed by atoms with van der Waals surface area (Å²) in [7, 11) is 2.02. The van der Waals surface area contributed by atoms with Crippen molar-refractivity contribution in [3.63, 3.8) is 0 Å². The molecule has 1 amide bonds. The number of aryl methyl sites for hydroxylation is 1. The number of benzene rings is 1. The number of anilines is 1. The quantitative estimate of drug-likeness (QED) is 0.906. The fraction of sp³-hybridized carbons (Fsp3) is 0.389. The van der Waals surface area contributed by atoms with E-state index < -0.39 is 5.82 Å². The molecule has 0 unspecified atom stereocenters. The van der Waals surface area contributed by atoms with Crippen LogP contribution in [0.5, 0.6) is 0 Å². The van der Waals surface area contributed by atoms with Crippen molar-refractivity contribution >= 4 is 23.2 Å². The molecule has 0 radical (unpaired) electrons. The maximum absolute atomic E-state index is 13.1. The van der Waals surface area contributed by atoms with Gasteiger partial charge in [-0.2, -0.15) is 0 Å². The Kier molecular flexibility index (Phi) is 4.92. The van der Waals surface area contributed by atoms with E-state index in [1.807, 2.05) is 26.2 Å². The van der Waals surface area contributed by atoms with E-state index in [0.717, 1.165) is 19.4 Å². The van der Waals surface area contributed by atoms with E-state index in [0.29, 0.717) is 5.69 Å². The van der Waals surface area contributed by atoms with Crippen LogP contribution in [0.1, 0.15) is 31.5 Å². The summed E-state index contributed by atoms with van der Waals surface area (Å²) in [5.74, 6) is -0.557. The number of halogens is 2. The van der Waals surface area contributed by atoms with Crippen molar-refractivity contribution in [3.8, 4) is 0 Å². The number of carbonyl (C=O) groups excluding carboxylic acids is 1. The highest BCUT2D eigenvalue weighted by Gasteiger charge is 2.34. The van der Waals surface area contributed by atoms with Gasteiger partial charge in [-0.15, -0.1) is 0 Å². The zero-order chi connectivity index (χ0) is 17.3. The molecule has 1 N–H and O–H groups in total. The number of hydrogen-bond acceptors (Lipinski definition) is 2. The van der Waals surface area contributed by atoms with Crippen LogP contribution in [-0.2, 0) is 11.8 Å². The Morgan fingerprint density at radius 2 is 2.21 bits per heavy atom. The second-order valence-corrected chi connectivity index (χ2v) is 6.64. The molecule has 0 saturated carbocycles. The number of nitrogens with one attached hydrogen (secondary N) is 1. The first-order valence-corrected chi connectivity index (χ1v) is 8.48. The molecule has 1 aromatic heterocycles. The van der Waals surface area contributed by atoms with E-state index in [2.05, 4.69) is 20.9 Å². The number of hydrogen-bond donors (Lipinski definition) is 1. The Morgan fingerprint density at radius 1 is 1.42 bits per heavy atom. The van der Waals surface area contributed by atoms with Gasteiger partial charge in [0.1, 0.15) is 5.82 Å². The zero-order valence-electron chi connectivity index (χ0n) is 13.8. The third kappa shape index (κ3) is 3.32. The zero-order valence-corrected chi connectivity index (χ0v) is 14.6. The van der Waals surface area contributed by atoms with Gasteiger partial charge in [-0.1, -0.05) is 11.6 Å². The standard InChI is InChI=1S/C18H21ClFN3O/c1-12(18(24)21-15-8-7-13(20)11-14(15)19)23-10-4-6-17(23)16-5-3-9-22(16)2/h3,5,7-9,11-12,17H,4,6,10H2,1-2H3,(H,21,24)/t12-,17+/m0/s1. The van der Waals surface area contributed by atoms with E-state index in [1.165, 1.54) is 23.9 Å². The van der Waals surface area contributed by atoms with Crippen LogP contribution >= 0.6 is 11.6 Å². The number of aromatic nitrogens is 1. The van der Waals surface area contributed by atoms with Gasteiger partial charge in [0.2, 0.25) is 5.91 Å². The lowest BCUT2D eigenvalue weighted by Gasteiger charge is -2.30. The van der Waals surface area contributed by atoms with Crippen molar-refractivity contribution in [2.75, 3.05) is 11.9 Å². The average Bonchev–Trinajstić information content (AvgIpc) is 3.17. The molecule has 1 aliphatic heterocycles. The fourth-order valence-electron chi connectivity index (χ4n) is 3.37. The summed E-state index contributed by atoms with van der Waals surface area (Å²) in [6, 6.07) is 8.03. The van der Waals surface area contributed by atoms with Gasteiger partial charge in [0.05, 0.1) is 22.8 Å². The smallest absolute Gasteiger partial charge is 0.241 e. The van der Waals surface area contributed by atoms with Crippen LogP contribution in [0.4, 0.5) is 10.1 Å². The molecule has 1 aliphatic rings. The molecule has 0 bridgehead atoms. The summed E-state index contributed by atoms with van der Waals surface area (Å²) >= 11 is 6.00. The Bertz CT molecular complexity index is 746. The Balaban J connectivity index is 1.74. The predicted molar refractivity (Wildman–Crippen MR) is 93.6 cm³/mol. The molecule has 0 spiro atoms. The van der Waals surface area contributed by atoms with E-state index in [4.69, 9.17) is 11.6 Å². The number of likely N-dealkylation sites (tertiary alicyclic amines) is 1. The summed E-state index contributed by atoms with van der Waals surface area (Å²) in [5, 5.41) is 3.01. The molecule has 0 aliphatic carbocycles. The highest BCUT2D eigenvalue weighted by Crippen LogP contribution is 2.34. The highest BCUT2D eigenvalue weighted by atomic mass is 35.5. The van der Waals surface area contributed by atoms with Gasteiger partial charge in [-0.3, -0.25) is 9.69 Å². The largest absolute Gasteiger partial charge is 0.353 e. The second kappa shape index (κ2) is 6.95. The van der Waals surface area contributed by atoms with E-state index in [-0.39, 0.29) is 23.0 Å². The molecule has 6 heteroatoms. The van der Waals surface area contributed by atoms with Gasteiger partial charge in [0.15, 0.2) is 0 Å². The van der Waals surface area contributed by atoms with Crippen molar-refractivity contribution in [2.24, 2.45) is 7.05 Å². The molecule has 2 atom stereocenters. The van der Waals surface area contributed by atoms with Crippen LogP contribution in [0, 0.1) is 5.82 Å². The fourth-order valence-corrected chi connectivity index (χ4v) is 3.58. The first-order valence-electron chi connectivity index (χ1n) is 8.10. The van der Waals surface area contributed by atoms with Crippen LogP contribution in [-0.4, -0.2) is 28.0 Å². The van der Waals surface area contributed by atoms with Crippen molar-refractivity contribution in [3.05, 3.63) is 53.1 Å². The van der Waals surface area contributed by atoms with E-state index >= 15 is 0 Å².